The summed E-state index contributed by atoms with van der Waals surface area (Å²) in [6, 6.07) is 0. The second-order valence-corrected chi connectivity index (χ2v) is 8.14. The van der Waals surface area contributed by atoms with Gasteiger partial charge >= 0.3 is 0 Å². The fourth-order valence-corrected chi connectivity index (χ4v) is 4.75. The maximum Gasteiger partial charge on any atom is 0.223 e. The molecule has 6 heteroatoms. The number of rotatable bonds is 8. The molecule has 0 aromatic heterocycles. The lowest BCUT2D eigenvalue weighted by Crippen LogP contribution is -2.47. The molecule has 21 heavy (non-hydrogen) atoms. The van der Waals surface area contributed by atoms with Gasteiger partial charge in [0, 0.05) is 44.2 Å². The van der Waals surface area contributed by atoms with Crippen LogP contribution in [0.5, 0.6) is 0 Å². The Morgan fingerprint density at radius 1 is 1.24 bits per heavy atom. The van der Waals surface area contributed by atoms with Gasteiger partial charge in [0.2, 0.25) is 10.0 Å². The van der Waals surface area contributed by atoms with Gasteiger partial charge in [0.1, 0.15) is 4.75 Å². The van der Waals surface area contributed by atoms with Crippen LogP contribution in [-0.4, -0.2) is 54.4 Å². The normalized spacial score (nSPS) is 22.5. The molecule has 1 unspecified atom stereocenters. The molecule has 0 N–H and O–H groups in total. The minimum atomic E-state index is -3.37. The van der Waals surface area contributed by atoms with Crippen LogP contribution in [0, 0.1) is 0 Å². The first-order chi connectivity index (χ1) is 9.86. The summed E-state index contributed by atoms with van der Waals surface area (Å²) in [5.41, 5.74) is 1.04. The maximum atomic E-state index is 12.9. The molecule has 0 saturated carbocycles. The largest absolute Gasteiger partial charge is 0.374 e. The van der Waals surface area contributed by atoms with Crippen molar-refractivity contribution < 1.29 is 8.42 Å². The Morgan fingerprint density at radius 2 is 1.86 bits per heavy atom. The molecular formula is C15H27ClN2O2S. The van der Waals surface area contributed by atoms with Gasteiger partial charge < -0.3 is 4.90 Å². The van der Waals surface area contributed by atoms with Crippen LogP contribution in [0.25, 0.3) is 0 Å². The van der Waals surface area contributed by atoms with Gasteiger partial charge in [-0.25, -0.2) is 12.7 Å². The first-order valence-corrected chi connectivity index (χ1v) is 9.52. The number of nitrogens with zero attached hydrogens (tertiary/aromatic N) is 2. The quantitative estimate of drug-likeness (QED) is 0.641. The smallest absolute Gasteiger partial charge is 0.223 e. The average Bonchev–Trinajstić information content (AvgIpc) is 2.45. The van der Waals surface area contributed by atoms with E-state index in [1.807, 2.05) is 26.0 Å². The van der Waals surface area contributed by atoms with Gasteiger partial charge in [-0.1, -0.05) is 26.0 Å². The molecule has 0 bridgehead atoms. The SMILES string of the molecule is CCN(CCCl)C1=CC=CC(C)(S(=O)(=O)N(CC)CC)C1. The molecule has 0 aromatic carbocycles. The zero-order chi connectivity index (χ0) is 16.1. The third-order valence-corrected chi connectivity index (χ3v) is 6.87. The fraction of sp³-hybridized carbons (Fsp3) is 0.733. The minimum Gasteiger partial charge on any atom is -0.374 e. The summed E-state index contributed by atoms with van der Waals surface area (Å²) in [6.07, 6.45) is 6.15. The number of hydrogen-bond acceptors (Lipinski definition) is 3. The van der Waals surface area contributed by atoms with Crippen LogP contribution in [-0.2, 0) is 10.0 Å². The highest BCUT2D eigenvalue weighted by Gasteiger charge is 2.42. The lowest BCUT2D eigenvalue weighted by molar-refractivity contribution is 0.353. The number of sulfonamides is 1. The Kier molecular flexibility index (Phi) is 6.75. The van der Waals surface area contributed by atoms with Gasteiger partial charge in [0.05, 0.1) is 0 Å². The van der Waals surface area contributed by atoms with E-state index >= 15 is 0 Å². The Labute approximate surface area is 134 Å². The van der Waals surface area contributed by atoms with Crippen molar-refractivity contribution in [3.8, 4) is 0 Å². The molecule has 0 amide bonds. The topological polar surface area (TPSA) is 40.6 Å². The van der Waals surface area contributed by atoms with Crippen molar-refractivity contribution in [2.75, 3.05) is 32.1 Å². The zero-order valence-corrected chi connectivity index (χ0v) is 15.0. The van der Waals surface area contributed by atoms with Crippen LogP contribution in [0.4, 0.5) is 0 Å². The third-order valence-electron chi connectivity index (χ3n) is 4.05. The summed E-state index contributed by atoms with van der Waals surface area (Å²) in [6.45, 7) is 10.2. The van der Waals surface area contributed by atoms with E-state index in [1.165, 1.54) is 4.31 Å². The van der Waals surface area contributed by atoms with E-state index in [2.05, 4.69) is 11.8 Å². The predicted molar refractivity (Wildman–Crippen MR) is 90.1 cm³/mol. The van der Waals surface area contributed by atoms with Crippen molar-refractivity contribution in [3.63, 3.8) is 0 Å². The van der Waals surface area contributed by atoms with Crippen molar-refractivity contribution in [3.05, 3.63) is 23.9 Å². The molecule has 4 nitrogen and oxygen atoms in total. The Hall–Kier alpha value is -0.520. The number of hydrogen-bond donors (Lipinski definition) is 0. The van der Waals surface area contributed by atoms with Crippen LogP contribution < -0.4 is 0 Å². The summed E-state index contributed by atoms with van der Waals surface area (Å²) in [7, 11) is -3.37. The zero-order valence-electron chi connectivity index (χ0n) is 13.5. The van der Waals surface area contributed by atoms with E-state index in [4.69, 9.17) is 11.6 Å². The molecule has 1 atom stereocenters. The van der Waals surface area contributed by atoms with E-state index in [9.17, 15) is 8.42 Å². The van der Waals surface area contributed by atoms with Gasteiger partial charge in [0.15, 0.2) is 0 Å². The van der Waals surface area contributed by atoms with Crippen LogP contribution >= 0.6 is 11.6 Å². The van der Waals surface area contributed by atoms with Crippen LogP contribution in [0.2, 0.25) is 0 Å². The van der Waals surface area contributed by atoms with Crippen LogP contribution in [0.1, 0.15) is 34.1 Å². The number of alkyl halides is 1. The summed E-state index contributed by atoms with van der Waals surface area (Å²) in [5, 5.41) is 0. The average molecular weight is 335 g/mol. The minimum absolute atomic E-state index is 0.493. The lowest BCUT2D eigenvalue weighted by atomic mass is 9.98. The molecular weight excluding hydrogens is 308 g/mol. The number of allylic oxidation sites excluding steroid dienone is 3. The third kappa shape index (κ3) is 3.82. The van der Waals surface area contributed by atoms with E-state index in [0.717, 1.165) is 18.8 Å². The van der Waals surface area contributed by atoms with Crippen LogP contribution in [0.15, 0.2) is 23.9 Å². The van der Waals surface area contributed by atoms with Gasteiger partial charge in [-0.15, -0.1) is 11.6 Å². The summed E-state index contributed by atoms with van der Waals surface area (Å²) in [4.78, 5) is 2.15. The maximum absolute atomic E-state index is 12.9. The summed E-state index contributed by atoms with van der Waals surface area (Å²) in [5.74, 6) is 0.536. The first kappa shape index (κ1) is 18.5. The molecule has 122 valence electrons. The summed E-state index contributed by atoms with van der Waals surface area (Å²) >= 11 is 5.84. The van der Waals surface area contributed by atoms with Crippen molar-refractivity contribution >= 4 is 21.6 Å². The number of halogens is 1. The van der Waals surface area contributed by atoms with Crippen LogP contribution in [0.3, 0.4) is 0 Å². The van der Waals surface area contributed by atoms with Crippen molar-refractivity contribution in [1.29, 1.82) is 0 Å². The standard InChI is InChI=1S/C15H27ClN2O2S/c1-5-17(12-11-16)14-9-8-10-15(4,13-14)21(19,20)18(6-2)7-3/h8-10H,5-7,11-13H2,1-4H3. The molecule has 1 rings (SSSR count). The molecule has 0 spiro atoms. The van der Waals surface area contributed by atoms with Crippen molar-refractivity contribution in [1.82, 2.24) is 9.21 Å². The fourth-order valence-electron chi connectivity index (χ4n) is 2.70. The van der Waals surface area contributed by atoms with Crippen molar-refractivity contribution in [2.45, 2.75) is 38.9 Å². The van der Waals surface area contributed by atoms with Gasteiger partial charge in [-0.2, -0.15) is 0 Å². The Morgan fingerprint density at radius 3 is 2.33 bits per heavy atom. The van der Waals surface area contributed by atoms with E-state index in [-0.39, 0.29) is 0 Å². The second kappa shape index (κ2) is 7.65. The van der Waals surface area contributed by atoms with Gasteiger partial charge in [0.25, 0.3) is 0 Å². The molecule has 0 fully saturated rings. The Bertz CT molecular complexity index is 498. The monoisotopic (exact) mass is 334 g/mol. The van der Waals surface area contributed by atoms with Gasteiger partial charge in [-0.3, -0.25) is 0 Å². The van der Waals surface area contributed by atoms with E-state index in [1.54, 1.807) is 13.0 Å². The highest BCUT2D eigenvalue weighted by atomic mass is 35.5. The Balaban J connectivity index is 3.06. The summed E-state index contributed by atoms with van der Waals surface area (Å²) < 4.78 is 26.4. The van der Waals surface area contributed by atoms with Gasteiger partial charge in [-0.05, 0) is 19.9 Å². The molecule has 0 heterocycles. The van der Waals surface area contributed by atoms with Crippen molar-refractivity contribution in [2.24, 2.45) is 0 Å². The second-order valence-electron chi connectivity index (χ2n) is 5.36. The molecule has 0 aliphatic heterocycles. The van der Waals surface area contributed by atoms with E-state index < -0.39 is 14.8 Å². The lowest BCUT2D eigenvalue weighted by Gasteiger charge is -2.37. The molecule has 0 saturated heterocycles. The molecule has 0 aromatic rings. The van der Waals surface area contributed by atoms with E-state index in [0.29, 0.717) is 25.4 Å². The molecule has 1 aliphatic rings. The molecule has 0 radical (unpaired) electrons. The predicted octanol–water partition coefficient (Wildman–Crippen LogP) is 2.82. The first-order valence-electron chi connectivity index (χ1n) is 7.55. The highest BCUT2D eigenvalue weighted by molar-refractivity contribution is 7.90. The molecule has 1 aliphatic carbocycles. The highest BCUT2D eigenvalue weighted by Crippen LogP contribution is 2.34.